The molecule has 11 nitrogen and oxygen atoms in total. The van der Waals surface area contributed by atoms with Gasteiger partial charge in [-0.25, -0.2) is 5.06 Å². The molecule has 12 heteroatoms. The van der Waals surface area contributed by atoms with E-state index >= 15 is 0 Å². The largest absolute Gasteiger partial charge is 0.506 e. The van der Waals surface area contributed by atoms with Crippen LogP contribution in [0.5, 0.6) is 11.5 Å². The van der Waals surface area contributed by atoms with Crippen molar-refractivity contribution in [2.24, 2.45) is 26.4 Å². The topological polar surface area (TPSA) is 141 Å². The Morgan fingerprint density at radius 1 is 0.796 bits per heavy atom. The van der Waals surface area contributed by atoms with Crippen LogP contribution in [0, 0.1) is 5.92 Å². The normalized spacial score (nSPS) is 13.9. The number of benzene rings is 6. The van der Waals surface area contributed by atoms with E-state index < -0.39 is 0 Å². The van der Waals surface area contributed by atoms with Crippen LogP contribution in [0.1, 0.15) is 29.3 Å². The fourth-order valence-corrected chi connectivity index (χ4v) is 6.44. The summed E-state index contributed by atoms with van der Waals surface area (Å²) in [5.41, 5.74) is 6.97. The van der Waals surface area contributed by atoms with Gasteiger partial charge in [-0.1, -0.05) is 53.2 Å². The minimum atomic E-state index is -0.169. The van der Waals surface area contributed by atoms with Crippen molar-refractivity contribution in [1.29, 1.82) is 0 Å². The first kappa shape index (κ1) is 36.3. The fourth-order valence-electron chi connectivity index (χ4n) is 6.05. The van der Waals surface area contributed by atoms with Crippen molar-refractivity contribution in [2.75, 3.05) is 18.9 Å². The van der Waals surface area contributed by atoms with Gasteiger partial charge in [-0.3, -0.25) is 9.63 Å². The molecule has 3 N–H and O–H groups in total. The second-order valence-corrected chi connectivity index (χ2v) is 13.5. The molecule has 0 saturated carbocycles. The minimum Gasteiger partial charge on any atom is -0.506 e. The van der Waals surface area contributed by atoms with Gasteiger partial charge in [0.1, 0.15) is 29.6 Å². The summed E-state index contributed by atoms with van der Waals surface area (Å²) in [6.45, 7) is 2.22. The van der Waals surface area contributed by atoms with Gasteiger partial charge in [0.05, 0.1) is 29.9 Å². The second kappa shape index (κ2) is 16.3. The Kier molecular flexibility index (Phi) is 11.0. The summed E-state index contributed by atoms with van der Waals surface area (Å²) in [4.78, 5) is 24.2. The summed E-state index contributed by atoms with van der Waals surface area (Å²) >= 11 is 3.52. The molecule has 1 aliphatic rings. The zero-order valence-corrected chi connectivity index (χ0v) is 30.9. The molecule has 54 heavy (non-hydrogen) atoms. The number of hydroxylamine groups is 1. The molecule has 0 radical (unpaired) electrons. The van der Waals surface area contributed by atoms with E-state index in [9.17, 15) is 15.0 Å². The molecule has 0 saturated heterocycles. The van der Waals surface area contributed by atoms with Crippen molar-refractivity contribution >= 4 is 78.8 Å². The summed E-state index contributed by atoms with van der Waals surface area (Å²) in [6, 6.07) is 33.8. The summed E-state index contributed by atoms with van der Waals surface area (Å²) in [7, 11) is 1.51. The van der Waals surface area contributed by atoms with Crippen molar-refractivity contribution in [3.8, 4) is 11.5 Å². The highest BCUT2D eigenvalue weighted by atomic mass is 79.9. The van der Waals surface area contributed by atoms with Crippen molar-refractivity contribution in [1.82, 2.24) is 5.48 Å². The number of fused-ring (bicyclic) bond motifs is 2. The van der Waals surface area contributed by atoms with Gasteiger partial charge < -0.3 is 15.1 Å². The van der Waals surface area contributed by atoms with Gasteiger partial charge in [0.25, 0.3) is 0 Å². The zero-order valence-electron chi connectivity index (χ0n) is 29.3. The highest BCUT2D eigenvalue weighted by Gasteiger charge is 2.15. The lowest BCUT2D eigenvalue weighted by Crippen LogP contribution is -2.28. The summed E-state index contributed by atoms with van der Waals surface area (Å²) in [6.07, 6.45) is 5.18. The van der Waals surface area contributed by atoms with Gasteiger partial charge in [-0.15, -0.1) is 10.2 Å². The quantitative estimate of drug-likeness (QED) is 0.0369. The monoisotopic (exact) mass is 782 g/mol. The number of azo groups is 2. The van der Waals surface area contributed by atoms with Crippen LogP contribution in [0.3, 0.4) is 0 Å². The summed E-state index contributed by atoms with van der Waals surface area (Å²) in [5.74, 6) is 0.216. The van der Waals surface area contributed by atoms with Crippen molar-refractivity contribution in [2.45, 2.75) is 13.3 Å². The molecule has 0 fully saturated rings. The third-order valence-electron chi connectivity index (χ3n) is 8.81. The molecule has 0 heterocycles. The first-order valence-corrected chi connectivity index (χ1v) is 17.9. The molecular formula is C42H35BrN6O5. The number of hydrogen-bond acceptors (Lipinski definition) is 11. The molecule has 1 unspecified atom stereocenters. The molecule has 6 aromatic carbocycles. The van der Waals surface area contributed by atoms with E-state index in [1.165, 1.54) is 7.11 Å². The molecule has 7 rings (SSSR count). The van der Waals surface area contributed by atoms with E-state index in [0.29, 0.717) is 45.2 Å². The van der Waals surface area contributed by atoms with Gasteiger partial charge in [-0.2, -0.15) is 15.7 Å². The van der Waals surface area contributed by atoms with E-state index in [1.54, 1.807) is 71.8 Å². The molecular weight excluding hydrogens is 748 g/mol. The number of carbonyl (C=O) groups is 1. The number of nitrogens with one attached hydrogen (secondary N) is 1. The number of ketones is 1. The van der Waals surface area contributed by atoms with Crippen LogP contribution in [0.2, 0.25) is 0 Å². The molecule has 270 valence electrons. The number of hydrogen-bond donors (Lipinski definition) is 3. The Morgan fingerprint density at radius 3 is 2.13 bits per heavy atom. The predicted octanol–water partition coefficient (Wildman–Crippen LogP) is 9.85. The van der Waals surface area contributed by atoms with E-state index in [-0.39, 0.29) is 24.0 Å². The van der Waals surface area contributed by atoms with Gasteiger partial charge in [0.15, 0.2) is 5.78 Å². The number of rotatable bonds is 12. The Labute approximate surface area is 319 Å². The molecule has 0 bridgehead atoms. The predicted molar refractivity (Wildman–Crippen MR) is 213 cm³/mol. The van der Waals surface area contributed by atoms with Gasteiger partial charge in [0, 0.05) is 26.2 Å². The Morgan fingerprint density at radius 2 is 1.44 bits per heavy atom. The lowest BCUT2D eigenvalue weighted by molar-refractivity contribution is -0.00710. The maximum absolute atomic E-state index is 13.3. The Balaban J connectivity index is 1.06. The van der Waals surface area contributed by atoms with Gasteiger partial charge in [-0.05, 0) is 120 Å². The standard InChI is InChI=1S/C42H35BrN6O5/c1-26-6-7-27-12-20-39(51)41(37(27)22-26)48-46-33-16-10-29(11-17-33)42(52)28-8-14-32(15-9-28)45-47-40-36-19-18-35(23-30(36)13-21-38(40)50)49(54-25-44-53-2)34-5-3-4-31(43)24-34/h3-5,7-24,26,44,50-51H,6,25H2,1-2H3/b47-45?,48-46+. The number of aromatic hydroxyl groups is 2. The maximum Gasteiger partial charge on any atom is 0.193 e. The van der Waals surface area contributed by atoms with Crippen LogP contribution >= 0.6 is 15.9 Å². The smallest absolute Gasteiger partial charge is 0.193 e. The van der Waals surface area contributed by atoms with E-state index in [4.69, 9.17) is 9.68 Å². The molecule has 0 aromatic heterocycles. The second-order valence-electron chi connectivity index (χ2n) is 12.6. The first-order chi connectivity index (χ1) is 26.3. The maximum atomic E-state index is 13.3. The first-order valence-electron chi connectivity index (χ1n) is 17.1. The average molecular weight is 784 g/mol. The van der Waals surface area contributed by atoms with Crippen LogP contribution in [-0.2, 0) is 9.68 Å². The third kappa shape index (κ3) is 8.12. The third-order valence-corrected chi connectivity index (χ3v) is 9.30. The Bertz CT molecular complexity index is 2520. The summed E-state index contributed by atoms with van der Waals surface area (Å²) < 4.78 is 0.893. The number of carbonyl (C=O) groups excluding carboxylic acids is 1. The van der Waals surface area contributed by atoms with Gasteiger partial charge in [0.2, 0.25) is 0 Å². The Hall–Kier alpha value is -6.05. The zero-order chi connectivity index (χ0) is 37.6. The van der Waals surface area contributed by atoms with Crippen LogP contribution in [0.25, 0.3) is 22.9 Å². The van der Waals surface area contributed by atoms with E-state index in [0.717, 1.165) is 38.1 Å². The summed E-state index contributed by atoms with van der Waals surface area (Å²) in [5, 5.41) is 43.7. The average Bonchev–Trinajstić information content (AvgIpc) is 3.19. The van der Waals surface area contributed by atoms with Crippen LogP contribution in [0.15, 0.2) is 140 Å². The van der Waals surface area contributed by atoms with E-state index in [1.807, 2.05) is 48.5 Å². The number of halogens is 1. The fraction of sp³-hybridized carbons (Fsp3) is 0.119. The van der Waals surface area contributed by atoms with Crippen molar-refractivity contribution < 1.29 is 24.7 Å². The van der Waals surface area contributed by atoms with Crippen molar-refractivity contribution in [3.05, 3.63) is 141 Å². The molecule has 1 aliphatic carbocycles. The molecule has 1 atom stereocenters. The van der Waals surface area contributed by atoms with Crippen LogP contribution < -0.4 is 21.0 Å². The number of anilines is 2. The number of phenolic OH excluding ortho intramolecular Hbond substituents is 2. The lowest BCUT2D eigenvalue weighted by Gasteiger charge is -2.24. The highest BCUT2D eigenvalue weighted by molar-refractivity contribution is 9.10. The highest BCUT2D eigenvalue weighted by Crippen LogP contribution is 2.39. The SMILES string of the molecule is CONCON(c1cccc(Br)c1)c1ccc2c(N=Nc3ccc(C(=O)c4ccc(/N=N/c5c(O)ccc6c5=CC(C)CC=6)cc4)cc3)c(O)ccc2c1. The van der Waals surface area contributed by atoms with Gasteiger partial charge >= 0.3 is 0 Å². The molecule has 0 aliphatic heterocycles. The van der Waals surface area contributed by atoms with Crippen LogP contribution in [-0.4, -0.2) is 29.8 Å². The molecule has 0 spiro atoms. The molecule has 6 aromatic rings. The van der Waals surface area contributed by atoms with E-state index in [2.05, 4.69) is 60.9 Å². The minimum absolute atomic E-state index is 0.0236. The lowest BCUT2D eigenvalue weighted by atomic mass is 9.98. The van der Waals surface area contributed by atoms with Crippen LogP contribution in [0.4, 0.5) is 34.1 Å². The number of nitrogens with zero attached hydrogens (tertiary/aromatic N) is 5. The number of phenols is 2. The molecule has 0 amide bonds. The van der Waals surface area contributed by atoms with Crippen molar-refractivity contribution in [3.63, 3.8) is 0 Å².